The molecule has 4 atom stereocenters. The van der Waals surface area contributed by atoms with Crippen LogP contribution in [-0.2, 0) is 19.1 Å². The lowest BCUT2D eigenvalue weighted by atomic mass is 9.80. The number of nitrogens with one attached hydrogen (secondary N) is 1. The van der Waals surface area contributed by atoms with Gasteiger partial charge in [-0.2, -0.15) is 0 Å². The van der Waals surface area contributed by atoms with Crippen LogP contribution >= 0.6 is 0 Å². The summed E-state index contributed by atoms with van der Waals surface area (Å²) in [6.07, 6.45) is 1.93. The van der Waals surface area contributed by atoms with Crippen molar-refractivity contribution in [1.82, 2.24) is 10.2 Å². The number of carbonyl (C=O) groups excluding carboxylic acids is 3. The number of benzene rings is 1. The molecule has 0 bridgehead atoms. The number of rotatable bonds is 3. The van der Waals surface area contributed by atoms with Gasteiger partial charge in [0.05, 0.1) is 26.1 Å². The molecule has 1 N–H and O–H groups in total. The average molecular weight is 386 g/mol. The largest absolute Gasteiger partial charge is 0.497 e. The summed E-state index contributed by atoms with van der Waals surface area (Å²) in [6, 6.07) is 4.95. The molecule has 0 aromatic heterocycles. The zero-order valence-corrected chi connectivity index (χ0v) is 16.1. The van der Waals surface area contributed by atoms with E-state index in [1.165, 1.54) is 14.2 Å². The molecule has 2 amide bonds. The summed E-state index contributed by atoms with van der Waals surface area (Å²) in [6.45, 7) is 1.87. The number of likely N-dealkylation sites (tertiary alicyclic amines) is 1. The highest BCUT2D eigenvalue weighted by molar-refractivity contribution is 6.09. The van der Waals surface area contributed by atoms with Gasteiger partial charge in [0.2, 0.25) is 11.8 Å². The summed E-state index contributed by atoms with van der Waals surface area (Å²) in [4.78, 5) is 39.2. The molecule has 3 heterocycles. The smallest absolute Gasteiger partial charge is 0.326 e. The fraction of sp³-hybridized carbons (Fsp3) is 0.450. The van der Waals surface area contributed by atoms with Crippen LogP contribution in [0, 0.1) is 11.8 Å². The summed E-state index contributed by atoms with van der Waals surface area (Å²) >= 11 is 0. The van der Waals surface area contributed by atoms with E-state index in [9.17, 15) is 14.4 Å². The van der Waals surface area contributed by atoms with Crippen LogP contribution in [0.25, 0.3) is 6.08 Å². The number of nitrogens with zero attached hydrogens (tertiary/aromatic N) is 1. The van der Waals surface area contributed by atoms with E-state index < -0.39 is 29.4 Å². The van der Waals surface area contributed by atoms with Crippen molar-refractivity contribution in [3.05, 3.63) is 29.3 Å². The van der Waals surface area contributed by atoms with Crippen molar-refractivity contribution in [3.63, 3.8) is 0 Å². The highest BCUT2D eigenvalue weighted by Gasteiger charge is 2.66. The van der Waals surface area contributed by atoms with Crippen LogP contribution in [0.4, 0.5) is 0 Å². The summed E-state index contributed by atoms with van der Waals surface area (Å²) in [5.41, 5.74) is 0.312. The van der Waals surface area contributed by atoms with Gasteiger partial charge in [0, 0.05) is 18.7 Å². The lowest BCUT2D eigenvalue weighted by Gasteiger charge is -2.29. The minimum atomic E-state index is -1.29. The highest BCUT2D eigenvalue weighted by atomic mass is 16.5. The molecule has 28 heavy (non-hydrogen) atoms. The molecule has 148 valence electrons. The van der Waals surface area contributed by atoms with Crippen molar-refractivity contribution in [2.75, 3.05) is 27.9 Å². The molecule has 0 radical (unpaired) electrons. The molecule has 0 unspecified atom stereocenters. The standard InChI is InChI=1S/C20H22N2O6/c1-20(19(25)27-4)15-14(17(23)22(2)18(15)24)16(21-20)11-7-10-8-12(26-3)5-6-13(10)28-9-11/h5-8,14-16,21H,9H2,1-4H3/t14-,15-,16-,20-/m0/s1. The molecule has 1 aromatic carbocycles. The van der Waals surface area contributed by atoms with Crippen LogP contribution in [0.1, 0.15) is 12.5 Å². The summed E-state index contributed by atoms with van der Waals surface area (Å²) in [5.74, 6) is -1.38. The van der Waals surface area contributed by atoms with E-state index in [1.807, 2.05) is 24.3 Å². The Balaban J connectivity index is 1.77. The van der Waals surface area contributed by atoms with Crippen molar-refractivity contribution in [2.24, 2.45) is 11.8 Å². The molecule has 2 fully saturated rings. The Morgan fingerprint density at radius 1 is 1.29 bits per heavy atom. The first-order chi connectivity index (χ1) is 13.3. The second kappa shape index (κ2) is 6.34. The molecule has 0 saturated carbocycles. The predicted molar refractivity (Wildman–Crippen MR) is 98.6 cm³/mol. The maximum Gasteiger partial charge on any atom is 0.326 e. The van der Waals surface area contributed by atoms with Gasteiger partial charge < -0.3 is 14.2 Å². The zero-order chi connectivity index (χ0) is 20.2. The first-order valence-electron chi connectivity index (χ1n) is 9.00. The van der Waals surface area contributed by atoms with Gasteiger partial charge in [-0.15, -0.1) is 0 Å². The van der Waals surface area contributed by atoms with Crippen LogP contribution in [0.15, 0.2) is 23.8 Å². The van der Waals surface area contributed by atoms with Crippen molar-refractivity contribution in [2.45, 2.75) is 18.5 Å². The van der Waals surface area contributed by atoms with E-state index in [0.717, 1.165) is 16.0 Å². The molecular weight excluding hydrogens is 364 g/mol. The van der Waals surface area contributed by atoms with Gasteiger partial charge in [0.15, 0.2) is 0 Å². The zero-order valence-electron chi connectivity index (χ0n) is 16.1. The number of imide groups is 1. The van der Waals surface area contributed by atoms with E-state index in [-0.39, 0.29) is 18.4 Å². The molecule has 3 aliphatic rings. The van der Waals surface area contributed by atoms with E-state index in [1.54, 1.807) is 14.0 Å². The molecule has 3 aliphatic heterocycles. The molecular formula is C20H22N2O6. The third-order valence-corrected chi connectivity index (χ3v) is 5.97. The van der Waals surface area contributed by atoms with Crippen LogP contribution in [0.3, 0.4) is 0 Å². The Morgan fingerprint density at radius 3 is 2.71 bits per heavy atom. The molecule has 4 rings (SSSR count). The minimum absolute atomic E-state index is 0.253. The lowest BCUT2D eigenvalue weighted by molar-refractivity contribution is -0.152. The number of methoxy groups -OCH3 is 2. The predicted octanol–water partition coefficient (Wildman–Crippen LogP) is 0.605. The van der Waals surface area contributed by atoms with Gasteiger partial charge in [0.25, 0.3) is 0 Å². The number of amides is 2. The summed E-state index contributed by atoms with van der Waals surface area (Å²) < 4.78 is 16.1. The van der Waals surface area contributed by atoms with E-state index in [4.69, 9.17) is 14.2 Å². The van der Waals surface area contributed by atoms with Gasteiger partial charge >= 0.3 is 5.97 Å². The van der Waals surface area contributed by atoms with Crippen LogP contribution in [-0.4, -0.2) is 62.1 Å². The Morgan fingerprint density at radius 2 is 2.04 bits per heavy atom. The van der Waals surface area contributed by atoms with Gasteiger partial charge in [0.1, 0.15) is 23.6 Å². The quantitative estimate of drug-likeness (QED) is 0.601. The second-order valence-corrected chi connectivity index (χ2v) is 7.47. The Labute approximate surface area is 162 Å². The van der Waals surface area contributed by atoms with Crippen molar-refractivity contribution >= 4 is 23.9 Å². The van der Waals surface area contributed by atoms with Gasteiger partial charge in [-0.3, -0.25) is 24.6 Å². The molecule has 1 aromatic rings. The van der Waals surface area contributed by atoms with Gasteiger partial charge in [-0.25, -0.2) is 0 Å². The fourth-order valence-corrected chi connectivity index (χ4v) is 4.48. The summed E-state index contributed by atoms with van der Waals surface area (Å²) in [5, 5.41) is 3.21. The van der Waals surface area contributed by atoms with Crippen LogP contribution in [0.5, 0.6) is 11.5 Å². The third-order valence-electron chi connectivity index (χ3n) is 5.97. The normalized spacial score (nSPS) is 31.1. The number of hydrogen-bond acceptors (Lipinski definition) is 7. The van der Waals surface area contributed by atoms with Crippen LogP contribution in [0.2, 0.25) is 0 Å². The van der Waals surface area contributed by atoms with Gasteiger partial charge in [-0.1, -0.05) is 0 Å². The number of esters is 1. The SMILES string of the molecule is COC(=O)[C@@]1(C)N[C@@H](C2=Cc3cc(OC)ccc3OC2)[C@H]2C(=O)N(C)C(=O)[C@H]21. The third kappa shape index (κ3) is 2.44. The number of ether oxygens (including phenoxy) is 3. The number of fused-ring (bicyclic) bond motifs is 2. The lowest BCUT2D eigenvalue weighted by Crippen LogP contribution is -2.55. The monoisotopic (exact) mass is 386 g/mol. The fourth-order valence-electron chi connectivity index (χ4n) is 4.48. The maximum atomic E-state index is 12.8. The second-order valence-electron chi connectivity index (χ2n) is 7.47. The molecule has 2 saturated heterocycles. The Bertz CT molecular complexity index is 910. The number of carbonyl (C=O) groups is 3. The summed E-state index contributed by atoms with van der Waals surface area (Å²) in [7, 11) is 4.30. The average Bonchev–Trinajstić information content (AvgIpc) is 3.15. The number of hydrogen-bond donors (Lipinski definition) is 1. The first-order valence-corrected chi connectivity index (χ1v) is 9.00. The molecule has 0 aliphatic carbocycles. The molecule has 8 heteroatoms. The molecule has 0 spiro atoms. The van der Waals surface area contributed by atoms with Crippen molar-refractivity contribution < 1.29 is 28.6 Å². The maximum absolute atomic E-state index is 12.8. The molecule has 8 nitrogen and oxygen atoms in total. The first kappa shape index (κ1) is 18.5. The van der Waals surface area contributed by atoms with Gasteiger partial charge in [-0.05, 0) is 36.8 Å². The van der Waals surface area contributed by atoms with E-state index >= 15 is 0 Å². The Hall–Kier alpha value is -2.87. The van der Waals surface area contributed by atoms with Crippen LogP contribution < -0.4 is 14.8 Å². The topological polar surface area (TPSA) is 94.2 Å². The van der Waals surface area contributed by atoms with Crippen molar-refractivity contribution in [3.8, 4) is 11.5 Å². The van der Waals surface area contributed by atoms with E-state index in [2.05, 4.69) is 5.32 Å². The van der Waals surface area contributed by atoms with E-state index in [0.29, 0.717) is 11.5 Å². The highest BCUT2D eigenvalue weighted by Crippen LogP contribution is 2.46. The van der Waals surface area contributed by atoms with Crippen molar-refractivity contribution in [1.29, 1.82) is 0 Å². The minimum Gasteiger partial charge on any atom is -0.497 e. The Kier molecular flexibility index (Phi) is 4.19.